The Bertz CT molecular complexity index is 366. The predicted octanol–water partition coefficient (Wildman–Crippen LogP) is 3.06. The average molecular weight is 252 g/mol. The molecule has 0 aliphatic carbocycles. The molecule has 4 nitrogen and oxygen atoms in total. The zero-order valence-corrected chi connectivity index (χ0v) is 12.5. The molecule has 1 rings (SSSR count). The van der Waals surface area contributed by atoms with Crippen molar-refractivity contribution in [2.45, 2.75) is 54.0 Å². The quantitative estimate of drug-likeness (QED) is 0.811. The van der Waals surface area contributed by atoms with Crippen molar-refractivity contribution in [2.24, 2.45) is 5.92 Å². The molecule has 1 heterocycles. The lowest BCUT2D eigenvalue weighted by Gasteiger charge is -2.28. The van der Waals surface area contributed by atoms with Gasteiger partial charge >= 0.3 is 0 Å². The van der Waals surface area contributed by atoms with E-state index in [0.29, 0.717) is 0 Å². The first-order valence-corrected chi connectivity index (χ1v) is 7.16. The molecule has 0 aliphatic heterocycles. The maximum absolute atomic E-state index is 6.19. The fourth-order valence-electron chi connectivity index (χ4n) is 2.36. The molecule has 0 spiro atoms. The lowest BCUT2D eigenvalue weighted by molar-refractivity contribution is 0.479. The molecule has 18 heavy (non-hydrogen) atoms. The van der Waals surface area contributed by atoms with Crippen LogP contribution in [0.3, 0.4) is 0 Å². The van der Waals surface area contributed by atoms with Gasteiger partial charge in [0, 0.05) is 19.6 Å². The summed E-state index contributed by atoms with van der Waals surface area (Å²) in [5.74, 6) is 1.83. The first-order valence-electron chi connectivity index (χ1n) is 7.16. The van der Waals surface area contributed by atoms with Crippen LogP contribution in [0.4, 0.5) is 11.5 Å². The summed E-state index contributed by atoms with van der Waals surface area (Å²) in [6, 6.07) is 0. The van der Waals surface area contributed by atoms with Gasteiger partial charge in [0.15, 0.2) is 5.82 Å². The van der Waals surface area contributed by atoms with Crippen LogP contribution in [0, 0.1) is 12.8 Å². The van der Waals surface area contributed by atoms with Crippen molar-refractivity contribution in [1.29, 1.82) is 0 Å². The number of aromatic nitrogens is 2. The number of anilines is 2. The Morgan fingerprint density at radius 1 is 1.22 bits per heavy atom. The molecule has 0 aromatic carbocycles. The molecule has 0 atom stereocenters. The smallest absolute Gasteiger partial charge is 0.150 e. The van der Waals surface area contributed by atoms with Gasteiger partial charge in [0.2, 0.25) is 0 Å². The zero-order valence-electron chi connectivity index (χ0n) is 12.5. The predicted molar refractivity (Wildman–Crippen MR) is 79.0 cm³/mol. The number of nitrogen functional groups attached to an aromatic ring is 1. The highest BCUT2D eigenvalue weighted by Crippen LogP contribution is 2.27. The van der Waals surface area contributed by atoms with Crippen molar-refractivity contribution >= 4 is 11.5 Å². The van der Waals surface area contributed by atoms with Crippen molar-refractivity contribution in [3.05, 3.63) is 5.69 Å². The molecule has 1 aromatic rings. The number of aryl methyl sites for hydroxylation is 2. The summed E-state index contributed by atoms with van der Waals surface area (Å²) in [5, 5.41) is 4.51. The Kier molecular flexibility index (Phi) is 5.51. The minimum atomic E-state index is 0.727. The Morgan fingerprint density at radius 3 is 2.28 bits per heavy atom. The minimum Gasteiger partial charge on any atom is -0.394 e. The van der Waals surface area contributed by atoms with Crippen molar-refractivity contribution in [1.82, 2.24) is 9.78 Å². The van der Waals surface area contributed by atoms with Crippen LogP contribution in [0.2, 0.25) is 0 Å². The van der Waals surface area contributed by atoms with E-state index in [1.165, 1.54) is 12.8 Å². The lowest BCUT2D eigenvalue weighted by Crippen LogP contribution is -2.31. The molecule has 0 saturated carbocycles. The Hall–Kier alpha value is -1.19. The summed E-state index contributed by atoms with van der Waals surface area (Å²) < 4.78 is 2.02. The maximum Gasteiger partial charge on any atom is 0.150 e. The number of hydrogen-bond donors (Lipinski definition) is 1. The lowest BCUT2D eigenvalue weighted by atomic mass is 10.0. The first kappa shape index (κ1) is 14.9. The van der Waals surface area contributed by atoms with E-state index in [1.54, 1.807) is 0 Å². The Morgan fingerprint density at radius 2 is 1.83 bits per heavy atom. The highest BCUT2D eigenvalue weighted by atomic mass is 15.4. The Labute approximate surface area is 111 Å². The Balaban J connectivity index is 3.00. The molecule has 4 heteroatoms. The van der Waals surface area contributed by atoms with Crippen LogP contribution in [0.5, 0.6) is 0 Å². The SMILES string of the molecule is CCC(CC)CN(CC)c1c(N)c(C)nn1CC. The fraction of sp³-hybridized carbons (Fsp3) is 0.786. The standard InChI is InChI=1S/C14H28N4/c1-6-12(7-2)10-17(8-3)14-13(15)11(5)16-18(14)9-4/h12H,6-10,15H2,1-5H3. The number of rotatable bonds is 7. The summed E-state index contributed by atoms with van der Waals surface area (Å²) in [6.07, 6.45) is 2.43. The van der Waals surface area contributed by atoms with E-state index in [4.69, 9.17) is 5.73 Å². The number of hydrogen-bond acceptors (Lipinski definition) is 3. The third-order valence-corrected chi connectivity index (χ3v) is 3.76. The molecule has 0 amide bonds. The van der Waals surface area contributed by atoms with Crippen molar-refractivity contribution in [3.8, 4) is 0 Å². The van der Waals surface area contributed by atoms with Crippen LogP contribution in [-0.2, 0) is 6.54 Å². The third kappa shape index (κ3) is 2.98. The molecular formula is C14H28N4. The van der Waals surface area contributed by atoms with Gasteiger partial charge in [-0.2, -0.15) is 5.10 Å². The normalized spacial score (nSPS) is 11.2. The monoisotopic (exact) mass is 252 g/mol. The molecule has 2 N–H and O–H groups in total. The van der Waals surface area contributed by atoms with Gasteiger partial charge in [-0.15, -0.1) is 0 Å². The van der Waals surface area contributed by atoms with Crippen LogP contribution in [0.15, 0.2) is 0 Å². The van der Waals surface area contributed by atoms with E-state index < -0.39 is 0 Å². The van der Waals surface area contributed by atoms with E-state index >= 15 is 0 Å². The van der Waals surface area contributed by atoms with Gasteiger partial charge < -0.3 is 10.6 Å². The fourth-order valence-corrected chi connectivity index (χ4v) is 2.36. The summed E-state index contributed by atoms with van der Waals surface area (Å²) in [5.41, 5.74) is 7.97. The van der Waals surface area contributed by atoms with Gasteiger partial charge in [0.1, 0.15) is 0 Å². The highest BCUT2D eigenvalue weighted by molar-refractivity contribution is 5.66. The minimum absolute atomic E-state index is 0.727. The average Bonchev–Trinajstić information content (AvgIpc) is 2.67. The number of nitrogens with two attached hydrogens (primary N) is 1. The van der Waals surface area contributed by atoms with Crippen molar-refractivity contribution < 1.29 is 0 Å². The summed E-state index contributed by atoms with van der Waals surface area (Å²) >= 11 is 0. The summed E-state index contributed by atoms with van der Waals surface area (Å²) in [6.45, 7) is 13.7. The first-order chi connectivity index (χ1) is 8.58. The molecule has 1 aromatic heterocycles. The van der Waals surface area contributed by atoms with Gasteiger partial charge in [0.05, 0.1) is 11.4 Å². The summed E-state index contributed by atoms with van der Waals surface area (Å²) in [7, 11) is 0. The molecule has 104 valence electrons. The van der Waals surface area contributed by atoms with E-state index in [9.17, 15) is 0 Å². The van der Waals surface area contributed by atoms with E-state index in [1.807, 2.05) is 11.6 Å². The zero-order chi connectivity index (χ0) is 13.7. The van der Waals surface area contributed by atoms with Gasteiger partial charge in [-0.25, -0.2) is 4.68 Å². The molecule has 0 fully saturated rings. The second-order valence-electron chi connectivity index (χ2n) is 4.86. The van der Waals surface area contributed by atoms with E-state index in [0.717, 1.165) is 42.8 Å². The van der Waals surface area contributed by atoms with Gasteiger partial charge in [-0.1, -0.05) is 26.7 Å². The third-order valence-electron chi connectivity index (χ3n) is 3.76. The maximum atomic E-state index is 6.19. The molecule has 0 unspecified atom stereocenters. The van der Waals surface area contributed by atoms with E-state index in [-0.39, 0.29) is 0 Å². The van der Waals surface area contributed by atoms with Gasteiger partial charge in [-0.05, 0) is 26.7 Å². The number of nitrogens with zero attached hydrogens (tertiary/aromatic N) is 3. The summed E-state index contributed by atoms with van der Waals surface area (Å²) in [4.78, 5) is 2.37. The second-order valence-corrected chi connectivity index (χ2v) is 4.86. The van der Waals surface area contributed by atoms with Crippen LogP contribution < -0.4 is 10.6 Å². The van der Waals surface area contributed by atoms with E-state index in [2.05, 4.69) is 37.7 Å². The highest BCUT2D eigenvalue weighted by Gasteiger charge is 2.19. The van der Waals surface area contributed by atoms with Crippen LogP contribution in [-0.4, -0.2) is 22.9 Å². The van der Waals surface area contributed by atoms with Crippen molar-refractivity contribution in [2.75, 3.05) is 23.7 Å². The van der Waals surface area contributed by atoms with Gasteiger partial charge in [0.25, 0.3) is 0 Å². The van der Waals surface area contributed by atoms with Crippen LogP contribution >= 0.6 is 0 Å². The molecular weight excluding hydrogens is 224 g/mol. The van der Waals surface area contributed by atoms with Crippen molar-refractivity contribution in [3.63, 3.8) is 0 Å². The molecule has 0 radical (unpaired) electrons. The van der Waals surface area contributed by atoms with Crippen LogP contribution in [0.1, 0.15) is 46.2 Å². The largest absolute Gasteiger partial charge is 0.394 e. The molecule has 0 bridgehead atoms. The second kappa shape index (κ2) is 6.66. The van der Waals surface area contributed by atoms with Gasteiger partial charge in [-0.3, -0.25) is 0 Å². The topological polar surface area (TPSA) is 47.1 Å². The molecule has 0 aliphatic rings. The van der Waals surface area contributed by atoms with Crippen LogP contribution in [0.25, 0.3) is 0 Å². The molecule has 0 saturated heterocycles.